The first-order valence-corrected chi connectivity index (χ1v) is 6.75. The topological polar surface area (TPSA) is 45.2 Å². The molecule has 4 nitrogen and oxygen atoms in total. The lowest BCUT2D eigenvalue weighted by Gasteiger charge is -2.10. The lowest BCUT2D eigenvalue weighted by molar-refractivity contribution is 0.0951. The van der Waals surface area contributed by atoms with Crippen molar-refractivity contribution in [2.75, 3.05) is 27.2 Å². The SMILES string of the molecule is CN(C)CCNC(=O)c1ccc2sc(Cl)nc2c1. The minimum atomic E-state index is -0.0807. The standard InChI is InChI=1S/C12H14ClN3OS/c1-16(2)6-5-14-11(17)8-3-4-10-9(7-8)15-12(13)18-10/h3-4,7H,5-6H2,1-2H3,(H,14,17). The van der Waals surface area contributed by atoms with Crippen molar-refractivity contribution in [2.45, 2.75) is 0 Å². The number of fused-ring (bicyclic) bond motifs is 1. The van der Waals surface area contributed by atoms with Crippen molar-refractivity contribution < 1.29 is 4.79 Å². The third-order valence-corrected chi connectivity index (χ3v) is 3.61. The molecular formula is C12H14ClN3OS. The maximum Gasteiger partial charge on any atom is 0.251 e. The van der Waals surface area contributed by atoms with Gasteiger partial charge in [0.05, 0.1) is 10.2 Å². The van der Waals surface area contributed by atoms with Gasteiger partial charge < -0.3 is 10.2 Å². The molecule has 0 aliphatic carbocycles. The summed E-state index contributed by atoms with van der Waals surface area (Å²) in [6, 6.07) is 5.43. The molecule has 96 valence electrons. The van der Waals surface area contributed by atoms with Gasteiger partial charge in [-0.1, -0.05) is 11.6 Å². The van der Waals surface area contributed by atoms with Crippen molar-refractivity contribution in [1.29, 1.82) is 0 Å². The largest absolute Gasteiger partial charge is 0.351 e. The number of rotatable bonds is 4. The first kappa shape index (κ1) is 13.3. The molecule has 0 unspecified atom stereocenters. The van der Waals surface area contributed by atoms with Crippen molar-refractivity contribution in [3.8, 4) is 0 Å². The number of aromatic nitrogens is 1. The molecule has 0 spiro atoms. The Labute approximate surface area is 115 Å². The molecule has 0 atom stereocenters. The van der Waals surface area contributed by atoms with Gasteiger partial charge in [-0.15, -0.1) is 11.3 Å². The van der Waals surface area contributed by atoms with Crippen LogP contribution in [0.2, 0.25) is 4.47 Å². The minimum Gasteiger partial charge on any atom is -0.351 e. The molecule has 1 N–H and O–H groups in total. The van der Waals surface area contributed by atoms with E-state index < -0.39 is 0 Å². The molecule has 6 heteroatoms. The van der Waals surface area contributed by atoms with E-state index in [9.17, 15) is 4.79 Å². The highest BCUT2D eigenvalue weighted by atomic mass is 35.5. The molecule has 1 aromatic carbocycles. The summed E-state index contributed by atoms with van der Waals surface area (Å²) in [5.74, 6) is -0.0807. The molecule has 1 amide bonds. The van der Waals surface area contributed by atoms with E-state index in [0.717, 1.165) is 16.8 Å². The van der Waals surface area contributed by atoms with Gasteiger partial charge in [0.25, 0.3) is 5.91 Å². The summed E-state index contributed by atoms with van der Waals surface area (Å²) in [6.07, 6.45) is 0. The minimum absolute atomic E-state index is 0.0807. The van der Waals surface area contributed by atoms with Gasteiger partial charge in [0.15, 0.2) is 4.47 Å². The van der Waals surface area contributed by atoms with E-state index in [2.05, 4.69) is 10.3 Å². The van der Waals surface area contributed by atoms with Gasteiger partial charge in [-0.3, -0.25) is 4.79 Å². The van der Waals surface area contributed by atoms with Crippen molar-refractivity contribution in [1.82, 2.24) is 15.2 Å². The first-order valence-electron chi connectivity index (χ1n) is 5.55. The van der Waals surface area contributed by atoms with Gasteiger partial charge in [0.2, 0.25) is 0 Å². The fourth-order valence-corrected chi connectivity index (χ4v) is 2.55. The molecule has 2 aromatic rings. The fourth-order valence-electron chi connectivity index (χ4n) is 1.54. The summed E-state index contributed by atoms with van der Waals surface area (Å²) in [5, 5.41) is 2.86. The number of nitrogens with one attached hydrogen (secondary N) is 1. The van der Waals surface area contributed by atoms with Crippen LogP contribution in [0, 0.1) is 0 Å². The molecule has 0 radical (unpaired) electrons. The molecule has 0 saturated carbocycles. The Kier molecular flexibility index (Phi) is 4.16. The van der Waals surface area contributed by atoms with Crippen LogP contribution >= 0.6 is 22.9 Å². The van der Waals surface area contributed by atoms with Gasteiger partial charge in [0.1, 0.15) is 0 Å². The summed E-state index contributed by atoms with van der Waals surface area (Å²) in [5.41, 5.74) is 1.38. The summed E-state index contributed by atoms with van der Waals surface area (Å²) in [7, 11) is 3.94. The molecular weight excluding hydrogens is 270 g/mol. The Morgan fingerprint density at radius 2 is 2.28 bits per heavy atom. The lowest BCUT2D eigenvalue weighted by Crippen LogP contribution is -2.31. The van der Waals surface area contributed by atoms with Crippen LogP contribution in [0.15, 0.2) is 18.2 Å². The zero-order valence-electron chi connectivity index (χ0n) is 10.2. The predicted octanol–water partition coefficient (Wildman–Crippen LogP) is 2.24. The Balaban J connectivity index is 2.08. The molecule has 0 aliphatic heterocycles. The van der Waals surface area contributed by atoms with Crippen LogP contribution < -0.4 is 5.32 Å². The van der Waals surface area contributed by atoms with Crippen LogP contribution in [0.5, 0.6) is 0 Å². The van der Waals surface area contributed by atoms with E-state index in [0.29, 0.717) is 16.6 Å². The van der Waals surface area contributed by atoms with Crippen molar-refractivity contribution >= 4 is 39.1 Å². The second-order valence-electron chi connectivity index (χ2n) is 4.21. The monoisotopic (exact) mass is 283 g/mol. The number of likely N-dealkylation sites (N-methyl/N-ethyl adjacent to an activating group) is 1. The molecule has 0 saturated heterocycles. The molecule has 2 rings (SSSR count). The number of nitrogens with zero attached hydrogens (tertiary/aromatic N) is 2. The predicted molar refractivity (Wildman–Crippen MR) is 75.5 cm³/mol. The quantitative estimate of drug-likeness (QED) is 0.936. The van der Waals surface area contributed by atoms with Crippen LogP contribution in [-0.4, -0.2) is 43.0 Å². The second-order valence-corrected chi connectivity index (χ2v) is 5.82. The summed E-state index contributed by atoms with van der Waals surface area (Å²) in [6.45, 7) is 1.44. The average Bonchev–Trinajstić information content (AvgIpc) is 2.67. The van der Waals surface area contributed by atoms with Crippen LogP contribution in [0.3, 0.4) is 0 Å². The van der Waals surface area contributed by atoms with E-state index >= 15 is 0 Å². The molecule has 1 heterocycles. The number of thiazole rings is 1. The third kappa shape index (κ3) is 3.19. The van der Waals surface area contributed by atoms with Crippen molar-refractivity contribution in [3.63, 3.8) is 0 Å². The zero-order chi connectivity index (χ0) is 13.1. The maximum absolute atomic E-state index is 11.9. The van der Waals surface area contributed by atoms with E-state index in [1.54, 1.807) is 12.1 Å². The number of halogens is 1. The van der Waals surface area contributed by atoms with Gasteiger partial charge in [-0.05, 0) is 32.3 Å². The molecule has 0 fully saturated rings. The number of amides is 1. The smallest absolute Gasteiger partial charge is 0.251 e. The zero-order valence-corrected chi connectivity index (χ0v) is 11.8. The highest BCUT2D eigenvalue weighted by Gasteiger charge is 2.08. The van der Waals surface area contributed by atoms with E-state index in [-0.39, 0.29) is 5.91 Å². The fraction of sp³-hybridized carbons (Fsp3) is 0.333. The van der Waals surface area contributed by atoms with Gasteiger partial charge >= 0.3 is 0 Å². The maximum atomic E-state index is 11.9. The first-order chi connectivity index (χ1) is 8.56. The molecule has 1 aromatic heterocycles. The second kappa shape index (κ2) is 5.65. The van der Waals surface area contributed by atoms with Crippen molar-refractivity contribution in [2.24, 2.45) is 0 Å². The van der Waals surface area contributed by atoms with Gasteiger partial charge in [-0.2, -0.15) is 0 Å². The van der Waals surface area contributed by atoms with Crippen LogP contribution in [0.25, 0.3) is 10.2 Å². The van der Waals surface area contributed by atoms with E-state index in [1.165, 1.54) is 11.3 Å². The van der Waals surface area contributed by atoms with E-state index in [4.69, 9.17) is 11.6 Å². The summed E-state index contributed by atoms with van der Waals surface area (Å²) in [4.78, 5) is 18.1. The van der Waals surface area contributed by atoms with Crippen LogP contribution in [0.4, 0.5) is 0 Å². The molecule has 18 heavy (non-hydrogen) atoms. The van der Waals surface area contributed by atoms with Gasteiger partial charge in [-0.25, -0.2) is 4.98 Å². The number of hydrogen-bond acceptors (Lipinski definition) is 4. The highest BCUT2D eigenvalue weighted by molar-refractivity contribution is 7.22. The number of hydrogen-bond donors (Lipinski definition) is 1. The van der Waals surface area contributed by atoms with Crippen molar-refractivity contribution in [3.05, 3.63) is 28.2 Å². The molecule has 0 bridgehead atoms. The van der Waals surface area contributed by atoms with Crippen LogP contribution in [0.1, 0.15) is 10.4 Å². The van der Waals surface area contributed by atoms with Crippen LogP contribution in [-0.2, 0) is 0 Å². The highest BCUT2D eigenvalue weighted by Crippen LogP contribution is 2.26. The number of carbonyl (C=O) groups excluding carboxylic acids is 1. The number of benzene rings is 1. The summed E-state index contributed by atoms with van der Waals surface area (Å²) >= 11 is 7.25. The summed E-state index contributed by atoms with van der Waals surface area (Å²) < 4.78 is 1.49. The van der Waals surface area contributed by atoms with E-state index in [1.807, 2.05) is 25.1 Å². The number of carbonyl (C=O) groups is 1. The third-order valence-electron chi connectivity index (χ3n) is 2.47. The lowest BCUT2D eigenvalue weighted by atomic mass is 10.2. The Hall–Kier alpha value is -1.17. The Morgan fingerprint density at radius 3 is 3.00 bits per heavy atom. The normalized spacial score (nSPS) is 11.1. The Morgan fingerprint density at radius 1 is 1.50 bits per heavy atom. The Bertz CT molecular complexity index is 567. The van der Waals surface area contributed by atoms with Gasteiger partial charge in [0, 0.05) is 18.7 Å². The average molecular weight is 284 g/mol. The molecule has 0 aliphatic rings.